The Bertz CT molecular complexity index is 170. The number of carbonyl (C=O) groups is 1. The van der Waals surface area contributed by atoms with Crippen molar-refractivity contribution in [3.63, 3.8) is 0 Å². The first kappa shape index (κ1) is 11.5. The molecule has 11 heavy (non-hydrogen) atoms. The van der Waals surface area contributed by atoms with E-state index in [9.17, 15) is 4.79 Å². The molecular formula is C7H13N2OY-. The van der Waals surface area contributed by atoms with Crippen molar-refractivity contribution < 1.29 is 37.5 Å². The van der Waals surface area contributed by atoms with E-state index in [4.69, 9.17) is 0 Å². The van der Waals surface area contributed by atoms with Crippen LogP contribution in [-0.4, -0.2) is 29.6 Å². The molecule has 1 aliphatic rings. The Balaban J connectivity index is 0.000001000. The molecule has 0 aromatic carbocycles. The Morgan fingerprint density at radius 3 is 2.09 bits per heavy atom. The van der Waals surface area contributed by atoms with E-state index in [1.165, 1.54) is 0 Å². The maximum absolute atomic E-state index is 11.2. The molecule has 1 rings (SSSR count). The molecule has 1 aliphatic heterocycles. The van der Waals surface area contributed by atoms with Gasteiger partial charge in [-0.1, -0.05) is 32.5 Å². The summed E-state index contributed by atoms with van der Waals surface area (Å²) in [7, 11) is 1.79. The summed E-state index contributed by atoms with van der Waals surface area (Å²) in [6.45, 7) is 5.70. The molecule has 0 aromatic heterocycles. The zero-order valence-corrected chi connectivity index (χ0v) is 10.3. The zero-order valence-electron chi connectivity index (χ0n) is 7.46. The topological polar surface area (TPSA) is 34.4 Å². The molecule has 0 aromatic rings. The predicted octanol–water partition coefficient (Wildman–Crippen LogP) is 0.954. The fraction of sp³-hybridized carbons (Fsp3) is 0.857. The third-order valence-corrected chi connectivity index (χ3v) is 2.02. The van der Waals surface area contributed by atoms with Gasteiger partial charge in [-0.05, 0) is 0 Å². The number of likely N-dealkylation sites (N-methyl/N-ethyl adjacent to an activating group) is 1. The van der Waals surface area contributed by atoms with Gasteiger partial charge in [-0.3, -0.25) is 4.79 Å². The minimum absolute atomic E-state index is 0. The van der Waals surface area contributed by atoms with Gasteiger partial charge in [-0.15, -0.1) is 0 Å². The molecule has 1 unspecified atom stereocenters. The van der Waals surface area contributed by atoms with E-state index in [1.807, 2.05) is 20.8 Å². The molecule has 1 saturated heterocycles. The first-order valence-electron chi connectivity index (χ1n) is 3.45. The molecule has 1 fully saturated rings. The van der Waals surface area contributed by atoms with Crippen LogP contribution in [0.25, 0.3) is 5.32 Å². The van der Waals surface area contributed by atoms with Crippen LogP contribution in [0.4, 0.5) is 0 Å². The van der Waals surface area contributed by atoms with Crippen molar-refractivity contribution in [3.05, 3.63) is 5.32 Å². The van der Waals surface area contributed by atoms with E-state index in [2.05, 4.69) is 5.32 Å². The van der Waals surface area contributed by atoms with Crippen LogP contribution in [0.15, 0.2) is 0 Å². The van der Waals surface area contributed by atoms with E-state index in [0.29, 0.717) is 0 Å². The van der Waals surface area contributed by atoms with Gasteiger partial charge in [0.25, 0.3) is 0 Å². The predicted molar refractivity (Wildman–Crippen MR) is 39.7 cm³/mol. The smallest absolute Gasteiger partial charge is 0.203 e. The average Bonchev–Trinajstić information content (AvgIpc) is 1.95. The molecule has 4 heteroatoms. The Morgan fingerprint density at radius 1 is 1.55 bits per heavy atom. The number of amides is 1. The van der Waals surface area contributed by atoms with Gasteiger partial charge in [-0.2, -0.15) is 0 Å². The quantitative estimate of drug-likeness (QED) is 0.610. The van der Waals surface area contributed by atoms with Crippen molar-refractivity contribution in [3.8, 4) is 0 Å². The molecule has 1 heterocycles. The average molecular weight is 230 g/mol. The second-order valence-corrected chi connectivity index (χ2v) is 3.20. The first-order chi connectivity index (χ1) is 4.45. The van der Waals surface area contributed by atoms with Crippen LogP contribution in [0.2, 0.25) is 0 Å². The van der Waals surface area contributed by atoms with E-state index in [1.54, 1.807) is 11.9 Å². The van der Waals surface area contributed by atoms with Crippen LogP contribution >= 0.6 is 0 Å². The summed E-state index contributed by atoms with van der Waals surface area (Å²) in [4.78, 5) is 12.8. The maximum atomic E-state index is 11.2. The Morgan fingerprint density at radius 2 is 2.00 bits per heavy atom. The summed E-state index contributed by atoms with van der Waals surface area (Å²) in [5.41, 5.74) is -0.295. The zero-order chi connectivity index (χ0) is 7.94. The maximum Gasteiger partial charge on any atom is 0.203 e. The summed E-state index contributed by atoms with van der Waals surface area (Å²) >= 11 is 0. The van der Waals surface area contributed by atoms with Gasteiger partial charge in [0.15, 0.2) is 0 Å². The van der Waals surface area contributed by atoms with Gasteiger partial charge >= 0.3 is 0 Å². The fourth-order valence-electron chi connectivity index (χ4n) is 1.17. The molecular weight excluding hydrogens is 217 g/mol. The van der Waals surface area contributed by atoms with Gasteiger partial charge in [0.2, 0.25) is 5.91 Å². The molecule has 1 amide bonds. The summed E-state index contributed by atoms with van der Waals surface area (Å²) in [5, 5.41) is 4.26. The second kappa shape index (κ2) is 3.50. The monoisotopic (exact) mass is 230 g/mol. The van der Waals surface area contributed by atoms with Gasteiger partial charge in [-0.25, -0.2) is 0 Å². The Labute approximate surface area is 92.8 Å². The van der Waals surface area contributed by atoms with Crippen molar-refractivity contribution in [1.82, 2.24) is 4.90 Å². The second-order valence-electron chi connectivity index (χ2n) is 3.20. The third kappa shape index (κ3) is 2.01. The normalized spacial score (nSPS) is 28.5. The van der Waals surface area contributed by atoms with Crippen molar-refractivity contribution >= 4 is 5.91 Å². The van der Waals surface area contributed by atoms with Crippen LogP contribution in [0, 0.1) is 0 Å². The molecule has 0 saturated carbocycles. The Kier molecular flexibility index (Phi) is 3.67. The van der Waals surface area contributed by atoms with Crippen LogP contribution in [0.3, 0.4) is 0 Å². The Hall–Kier alpha value is 0.534. The standard InChI is InChI=1S/C7H13N2O.Y/c1-5-6(10)9(4)7(2,3)8-5;/h5H,1-4H3;/q-1;. The van der Waals surface area contributed by atoms with Crippen LogP contribution in [-0.2, 0) is 37.5 Å². The van der Waals surface area contributed by atoms with Crippen molar-refractivity contribution in [2.75, 3.05) is 7.05 Å². The number of hydrogen-bond donors (Lipinski definition) is 0. The van der Waals surface area contributed by atoms with Gasteiger partial charge < -0.3 is 10.2 Å². The molecule has 0 aliphatic carbocycles. The van der Waals surface area contributed by atoms with Crippen LogP contribution < -0.4 is 0 Å². The minimum Gasteiger partial charge on any atom is -0.629 e. The minimum atomic E-state index is -0.295. The SMILES string of the molecule is CC1[N-]C(C)(C)N(C)C1=O.[Y]. The van der Waals surface area contributed by atoms with Gasteiger partial charge in [0, 0.05) is 39.8 Å². The van der Waals surface area contributed by atoms with Gasteiger partial charge in [0.1, 0.15) is 0 Å². The molecule has 0 bridgehead atoms. The summed E-state index contributed by atoms with van der Waals surface area (Å²) in [5.74, 6) is 0.116. The molecule has 1 atom stereocenters. The van der Waals surface area contributed by atoms with E-state index < -0.39 is 0 Å². The van der Waals surface area contributed by atoms with E-state index in [-0.39, 0.29) is 50.3 Å². The molecule has 0 spiro atoms. The van der Waals surface area contributed by atoms with E-state index in [0.717, 1.165) is 0 Å². The van der Waals surface area contributed by atoms with Crippen LogP contribution in [0.5, 0.6) is 0 Å². The molecule has 0 N–H and O–H groups in total. The van der Waals surface area contributed by atoms with Crippen LogP contribution in [0.1, 0.15) is 20.8 Å². The summed E-state index contributed by atoms with van der Waals surface area (Å²) in [6.07, 6.45) is 0. The largest absolute Gasteiger partial charge is 0.629 e. The number of hydrogen-bond acceptors (Lipinski definition) is 1. The van der Waals surface area contributed by atoms with Crippen molar-refractivity contribution in [2.24, 2.45) is 0 Å². The fourth-order valence-corrected chi connectivity index (χ4v) is 1.17. The van der Waals surface area contributed by atoms with Gasteiger partial charge in [0.05, 0.1) is 0 Å². The molecule has 3 nitrogen and oxygen atoms in total. The number of nitrogens with zero attached hydrogens (tertiary/aromatic N) is 2. The molecule has 1 radical (unpaired) electrons. The first-order valence-corrected chi connectivity index (χ1v) is 3.45. The number of carbonyl (C=O) groups excluding carboxylic acids is 1. The van der Waals surface area contributed by atoms with Crippen molar-refractivity contribution in [2.45, 2.75) is 32.5 Å². The third-order valence-electron chi connectivity index (χ3n) is 2.02. The van der Waals surface area contributed by atoms with Crippen molar-refractivity contribution in [1.29, 1.82) is 0 Å². The van der Waals surface area contributed by atoms with E-state index >= 15 is 0 Å². The molecule has 61 valence electrons. The summed E-state index contributed by atoms with van der Waals surface area (Å²) in [6, 6.07) is -0.153. The number of rotatable bonds is 0. The summed E-state index contributed by atoms with van der Waals surface area (Å²) < 4.78 is 0.